The van der Waals surface area contributed by atoms with E-state index in [-0.39, 0.29) is 36.9 Å². The zero-order valence-electron chi connectivity index (χ0n) is 29.6. The van der Waals surface area contributed by atoms with Gasteiger partial charge in [-0.3, -0.25) is 19.2 Å². The lowest BCUT2D eigenvalue weighted by Gasteiger charge is -2.49. The SMILES string of the molecule is C=CCNC(=O)C(=O)C(CCC(F)(F)F)NC(=O)[C@@H]1[C@@H]2[C@H](CN1C(=O)[C@@H](NC(=O)N[C@H](CN1CCCS1=O)C(C)C)C(C)(C)C)CC2(C)C. The van der Waals surface area contributed by atoms with E-state index in [0.29, 0.717) is 25.3 Å². The van der Waals surface area contributed by atoms with Gasteiger partial charge in [0, 0.05) is 44.4 Å². The Morgan fingerprint density at radius 1 is 1.06 bits per heavy atom. The number of alkyl halides is 3. The van der Waals surface area contributed by atoms with Crippen molar-refractivity contribution in [3.05, 3.63) is 12.7 Å². The topological polar surface area (TPSA) is 157 Å². The Labute approximate surface area is 289 Å². The lowest BCUT2D eigenvalue weighted by atomic mass is 9.55. The van der Waals surface area contributed by atoms with Crippen LogP contribution in [0, 0.1) is 28.6 Å². The number of fused-ring (bicyclic) bond motifs is 1. The molecule has 0 aromatic rings. The molecule has 5 amide bonds. The lowest BCUT2D eigenvalue weighted by Crippen LogP contribution is -2.62. The fourth-order valence-corrected chi connectivity index (χ4v) is 8.48. The summed E-state index contributed by atoms with van der Waals surface area (Å²) in [7, 11) is -1.12. The molecular formula is C33H53F3N6O6S. The highest BCUT2D eigenvalue weighted by Gasteiger charge is 2.61. The number of likely N-dealkylation sites (tertiary alicyclic amines) is 1. The first kappa shape index (κ1) is 40.4. The van der Waals surface area contributed by atoms with Crippen molar-refractivity contribution in [1.29, 1.82) is 0 Å². The molecule has 2 saturated heterocycles. The summed E-state index contributed by atoms with van der Waals surface area (Å²) in [6.07, 6.45) is -4.14. The quantitative estimate of drug-likeness (QED) is 0.160. The van der Waals surface area contributed by atoms with Crippen LogP contribution in [-0.2, 0) is 30.2 Å². The highest BCUT2D eigenvalue weighted by Crippen LogP contribution is 2.57. The van der Waals surface area contributed by atoms with Gasteiger partial charge in [0.15, 0.2) is 0 Å². The van der Waals surface area contributed by atoms with Gasteiger partial charge in [-0.1, -0.05) is 54.5 Å². The van der Waals surface area contributed by atoms with E-state index in [4.69, 9.17) is 0 Å². The van der Waals surface area contributed by atoms with Crippen LogP contribution in [-0.4, -0.2) is 105 Å². The van der Waals surface area contributed by atoms with E-state index in [1.54, 1.807) is 20.8 Å². The summed E-state index contributed by atoms with van der Waals surface area (Å²) in [6, 6.07) is -5.01. The van der Waals surface area contributed by atoms with Gasteiger partial charge in [0.25, 0.3) is 5.91 Å². The third-order valence-electron chi connectivity index (χ3n) is 9.76. The molecule has 7 atom stereocenters. The van der Waals surface area contributed by atoms with Gasteiger partial charge < -0.3 is 26.2 Å². The van der Waals surface area contributed by atoms with Crippen molar-refractivity contribution in [2.45, 2.75) is 104 Å². The maximum Gasteiger partial charge on any atom is 0.389 e. The number of halogens is 3. The van der Waals surface area contributed by atoms with Crippen LogP contribution < -0.4 is 21.3 Å². The molecule has 49 heavy (non-hydrogen) atoms. The number of nitrogens with zero attached hydrogens (tertiary/aromatic N) is 2. The fourth-order valence-electron chi connectivity index (χ4n) is 7.18. The monoisotopic (exact) mass is 718 g/mol. The van der Waals surface area contributed by atoms with Crippen molar-refractivity contribution in [3.63, 3.8) is 0 Å². The normalized spacial score (nSPS) is 25.4. The summed E-state index contributed by atoms with van der Waals surface area (Å²) in [4.78, 5) is 68.6. The molecule has 0 spiro atoms. The predicted molar refractivity (Wildman–Crippen MR) is 179 cm³/mol. The summed E-state index contributed by atoms with van der Waals surface area (Å²) < 4.78 is 53.8. The number of urea groups is 1. The van der Waals surface area contributed by atoms with Crippen LogP contribution in [0.2, 0.25) is 0 Å². The molecule has 12 nitrogen and oxygen atoms in total. The Kier molecular flexibility index (Phi) is 13.1. The van der Waals surface area contributed by atoms with E-state index in [2.05, 4.69) is 27.8 Å². The van der Waals surface area contributed by atoms with E-state index in [9.17, 15) is 41.4 Å². The number of rotatable bonds is 14. The van der Waals surface area contributed by atoms with Crippen molar-refractivity contribution in [1.82, 2.24) is 30.5 Å². The Morgan fingerprint density at radius 3 is 2.22 bits per heavy atom. The van der Waals surface area contributed by atoms with Crippen molar-refractivity contribution >= 4 is 40.5 Å². The number of hydrogen-bond donors (Lipinski definition) is 4. The smallest absolute Gasteiger partial charge is 0.346 e. The summed E-state index contributed by atoms with van der Waals surface area (Å²) >= 11 is 0. The molecule has 278 valence electrons. The maximum absolute atomic E-state index is 14.4. The second-order valence-corrected chi connectivity index (χ2v) is 17.1. The highest BCUT2D eigenvalue weighted by molar-refractivity contribution is 7.82. The van der Waals surface area contributed by atoms with Gasteiger partial charge in [0.1, 0.15) is 12.1 Å². The van der Waals surface area contributed by atoms with Crippen molar-refractivity contribution in [2.75, 3.05) is 31.9 Å². The molecule has 0 bridgehead atoms. The number of nitrogens with one attached hydrogen (secondary N) is 4. The minimum atomic E-state index is -4.65. The number of ketones is 1. The summed E-state index contributed by atoms with van der Waals surface area (Å²) in [6.45, 7) is 17.6. The third kappa shape index (κ3) is 10.3. The van der Waals surface area contributed by atoms with Crippen molar-refractivity contribution in [2.24, 2.45) is 28.6 Å². The van der Waals surface area contributed by atoms with E-state index < -0.39 is 88.5 Å². The van der Waals surface area contributed by atoms with Gasteiger partial charge in [-0.05, 0) is 47.8 Å². The molecule has 3 aliphatic rings. The molecule has 16 heteroatoms. The van der Waals surface area contributed by atoms with E-state index in [1.165, 1.54) is 11.0 Å². The summed E-state index contributed by atoms with van der Waals surface area (Å²) in [5, 5.41) is 10.4. The van der Waals surface area contributed by atoms with Crippen LogP contribution in [0.3, 0.4) is 0 Å². The molecule has 4 N–H and O–H groups in total. The van der Waals surface area contributed by atoms with Gasteiger partial charge in [-0.2, -0.15) is 13.2 Å². The number of amides is 5. The summed E-state index contributed by atoms with van der Waals surface area (Å²) in [5.74, 6) is -3.67. The van der Waals surface area contributed by atoms with Crippen LogP contribution in [0.4, 0.5) is 18.0 Å². The molecule has 3 rings (SSSR count). The molecule has 0 radical (unpaired) electrons. The van der Waals surface area contributed by atoms with Gasteiger partial charge in [-0.25, -0.2) is 13.3 Å². The number of carbonyl (C=O) groups excluding carboxylic acids is 5. The largest absolute Gasteiger partial charge is 0.389 e. The molecule has 2 unspecified atom stereocenters. The zero-order chi connectivity index (χ0) is 37.1. The number of carbonyl (C=O) groups is 5. The molecule has 0 aromatic carbocycles. The number of hydrogen-bond acceptors (Lipinski definition) is 6. The van der Waals surface area contributed by atoms with E-state index in [1.807, 2.05) is 32.0 Å². The molecular weight excluding hydrogens is 665 g/mol. The van der Waals surface area contributed by atoms with Gasteiger partial charge in [0.2, 0.25) is 17.6 Å². The Hall–Kier alpha value is -3.01. The van der Waals surface area contributed by atoms with Crippen LogP contribution in [0.15, 0.2) is 12.7 Å². The van der Waals surface area contributed by atoms with E-state index in [0.717, 1.165) is 6.42 Å². The van der Waals surface area contributed by atoms with Gasteiger partial charge in [-0.15, -0.1) is 6.58 Å². The number of Topliss-reactive ketones (excluding diaryl/α,β-unsaturated/α-hetero) is 1. The Bertz CT molecular complexity index is 1300. The van der Waals surface area contributed by atoms with Crippen molar-refractivity contribution < 1.29 is 41.4 Å². The molecule has 3 fully saturated rings. The van der Waals surface area contributed by atoms with Crippen LogP contribution in [0.25, 0.3) is 0 Å². The molecule has 2 heterocycles. The standard InChI is InChI=1S/C33H53F3N6O6S/c1-9-13-37-28(45)25(43)21(11-12-33(34,35)36)38-27(44)24-23-20(16-32(23,7)8)17-42(24)29(46)26(31(4,5)6)40-30(47)39-22(19(2)3)18-41-14-10-15-49(41)48/h9,19-24,26H,1,10-18H2,2-8H3,(H,37,45)(H,38,44)(H2,39,40,47)/t20-,21?,22+,23-,24-,26+,49?/m0/s1. The van der Waals surface area contributed by atoms with E-state index >= 15 is 0 Å². The van der Waals surface area contributed by atoms with Crippen molar-refractivity contribution in [3.8, 4) is 0 Å². The molecule has 0 aromatic heterocycles. The highest BCUT2D eigenvalue weighted by atomic mass is 32.2. The molecule has 1 saturated carbocycles. The van der Waals surface area contributed by atoms with Crippen LogP contribution in [0.5, 0.6) is 0 Å². The third-order valence-corrected chi connectivity index (χ3v) is 11.3. The average Bonchev–Trinajstić information content (AvgIpc) is 3.54. The van der Waals surface area contributed by atoms with Gasteiger partial charge in [0.05, 0.1) is 17.0 Å². The first-order chi connectivity index (χ1) is 22.6. The van der Waals surface area contributed by atoms with Crippen LogP contribution in [0.1, 0.15) is 74.1 Å². The Balaban J connectivity index is 1.86. The zero-order valence-corrected chi connectivity index (χ0v) is 30.4. The Morgan fingerprint density at radius 2 is 1.71 bits per heavy atom. The first-order valence-corrected chi connectivity index (χ1v) is 18.2. The fraction of sp³-hybridized carbons (Fsp3) is 0.788. The second-order valence-electron chi connectivity index (χ2n) is 15.5. The second kappa shape index (κ2) is 15.9. The van der Waals surface area contributed by atoms with Crippen LogP contribution >= 0.6 is 0 Å². The molecule has 2 aliphatic heterocycles. The average molecular weight is 719 g/mol. The summed E-state index contributed by atoms with van der Waals surface area (Å²) in [5.41, 5.74) is -1.23. The minimum absolute atomic E-state index is 0.0106. The first-order valence-electron chi connectivity index (χ1n) is 16.9. The maximum atomic E-state index is 14.4. The minimum Gasteiger partial charge on any atom is -0.346 e. The molecule has 1 aliphatic carbocycles. The lowest BCUT2D eigenvalue weighted by molar-refractivity contribution is -0.148. The van der Waals surface area contributed by atoms with Gasteiger partial charge >= 0.3 is 12.2 Å². The predicted octanol–water partition coefficient (Wildman–Crippen LogP) is 2.67.